The molecule has 6 amide bonds. The van der Waals surface area contributed by atoms with Gasteiger partial charge in [-0.05, 0) is 85.3 Å². The van der Waals surface area contributed by atoms with E-state index >= 15 is 0 Å². The van der Waals surface area contributed by atoms with Crippen molar-refractivity contribution in [3.63, 3.8) is 0 Å². The molecule has 4 aromatic rings. The number of benzene rings is 4. The molecular formula is C44H44N6O6. The number of nitrogens with zero attached hydrogens (tertiary/aromatic N) is 2. The molecule has 12 heteroatoms. The van der Waals surface area contributed by atoms with Crippen molar-refractivity contribution >= 4 is 46.8 Å². The molecule has 0 unspecified atom stereocenters. The minimum Gasteiger partial charge on any atom is -0.341 e. The van der Waals surface area contributed by atoms with E-state index in [9.17, 15) is 28.8 Å². The van der Waals surface area contributed by atoms with E-state index in [1.54, 1.807) is 107 Å². The maximum absolute atomic E-state index is 13.6. The summed E-state index contributed by atoms with van der Waals surface area (Å²) in [7, 11) is 0. The first-order valence-corrected chi connectivity index (χ1v) is 18.7. The van der Waals surface area contributed by atoms with Crippen LogP contribution in [0.5, 0.6) is 0 Å². The highest BCUT2D eigenvalue weighted by Crippen LogP contribution is 2.27. The standard InChI is InChI=1S/C44H44N6O6/c1-29(51)45-39(33-11-5-3-6-12-33)43(55)49-27-9-15-37(49)41(53)47-35-23-19-31(20-24-35)17-18-32-21-25-36(26-22-32)48-42(54)38-16-10-28-50(38)44(56)40(46-30(2)52)34-13-7-4-8-14-34/h3-8,11-14,19-26,37-40H,9-10,15-16,27-28H2,1-2H3,(H,45,51)(H,46,52)(H,47,53)(H,48,54)/t37-,38-,39+,40+/m0/s1. The highest BCUT2D eigenvalue weighted by molar-refractivity contribution is 6.00. The zero-order valence-corrected chi connectivity index (χ0v) is 31.3. The average molecular weight is 753 g/mol. The third-order valence-electron chi connectivity index (χ3n) is 9.79. The van der Waals surface area contributed by atoms with Crippen LogP contribution in [0.15, 0.2) is 109 Å². The van der Waals surface area contributed by atoms with Crippen molar-refractivity contribution in [1.29, 1.82) is 0 Å². The lowest BCUT2D eigenvalue weighted by molar-refractivity contribution is -0.140. The van der Waals surface area contributed by atoms with Crippen LogP contribution in [0.3, 0.4) is 0 Å². The van der Waals surface area contributed by atoms with Crippen molar-refractivity contribution in [2.75, 3.05) is 23.7 Å². The Morgan fingerprint density at radius 1 is 0.536 bits per heavy atom. The number of amides is 6. The molecule has 0 aromatic heterocycles. The van der Waals surface area contributed by atoms with Crippen LogP contribution in [0.4, 0.5) is 11.4 Å². The molecule has 286 valence electrons. The molecule has 2 heterocycles. The predicted molar refractivity (Wildman–Crippen MR) is 212 cm³/mol. The van der Waals surface area contributed by atoms with Gasteiger partial charge in [-0.15, -0.1) is 0 Å². The van der Waals surface area contributed by atoms with Crippen LogP contribution in [-0.2, 0) is 28.8 Å². The molecule has 4 N–H and O–H groups in total. The summed E-state index contributed by atoms with van der Waals surface area (Å²) >= 11 is 0. The molecule has 2 aliphatic heterocycles. The highest BCUT2D eigenvalue weighted by atomic mass is 16.2. The number of rotatable bonds is 10. The maximum Gasteiger partial charge on any atom is 0.250 e. The first-order chi connectivity index (χ1) is 27.1. The molecule has 56 heavy (non-hydrogen) atoms. The van der Waals surface area contributed by atoms with Crippen molar-refractivity contribution in [3.8, 4) is 11.8 Å². The number of nitrogens with one attached hydrogen (secondary N) is 4. The first kappa shape index (κ1) is 39.0. The molecule has 0 radical (unpaired) electrons. The molecule has 2 saturated heterocycles. The van der Waals surface area contributed by atoms with Gasteiger partial charge in [0, 0.05) is 49.4 Å². The Balaban J connectivity index is 1.03. The summed E-state index contributed by atoms with van der Waals surface area (Å²) in [5.74, 6) is 4.30. The molecule has 4 atom stereocenters. The fourth-order valence-corrected chi connectivity index (χ4v) is 7.08. The maximum atomic E-state index is 13.6. The number of carbonyl (C=O) groups excluding carboxylic acids is 6. The molecule has 2 fully saturated rings. The van der Waals surface area contributed by atoms with Gasteiger partial charge in [0.1, 0.15) is 24.2 Å². The molecule has 0 aliphatic carbocycles. The molecule has 6 rings (SSSR count). The largest absolute Gasteiger partial charge is 0.341 e. The number of hydrogen-bond donors (Lipinski definition) is 4. The second kappa shape index (κ2) is 18.1. The third-order valence-corrected chi connectivity index (χ3v) is 9.79. The molecule has 2 aliphatic rings. The Hall–Kier alpha value is -6.74. The van der Waals surface area contributed by atoms with Gasteiger partial charge < -0.3 is 31.1 Å². The minimum absolute atomic E-state index is 0.301. The zero-order chi connectivity index (χ0) is 39.6. The van der Waals surface area contributed by atoms with Gasteiger partial charge in [0.15, 0.2) is 0 Å². The summed E-state index contributed by atoms with van der Waals surface area (Å²) in [6.45, 7) is 3.55. The van der Waals surface area contributed by atoms with Crippen LogP contribution in [0, 0.1) is 11.8 Å². The van der Waals surface area contributed by atoms with Crippen molar-refractivity contribution < 1.29 is 28.8 Å². The molecular weight excluding hydrogens is 709 g/mol. The van der Waals surface area contributed by atoms with Gasteiger partial charge in [-0.1, -0.05) is 72.5 Å². The Morgan fingerprint density at radius 2 is 0.893 bits per heavy atom. The number of carbonyl (C=O) groups is 6. The van der Waals surface area contributed by atoms with E-state index in [1.165, 1.54) is 13.8 Å². The summed E-state index contributed by atoms with van der Waals surface area (Å²) in [6.07, 6.45) is 2.37. The van der Waals surface area contributed by atoms with Gasteiger partial charge in [0.25, 0.3) is 0 Å². The number of hydrogen-bond acceptors (Lipinski definition) is 6. The molecule has 0 bridgehead atoms. The third kappa shape index (κ3) is 9.67. The fraction of sp³-hybridized carbons (Fsp3) is 0.273. The smallest absolute Gasteiger partial charge is 0.250 e. The number of anilines is 2. The van der Waals surface area contributed by atoms with Gasteiger partial charge in [-0.2, -0.15) is 0 Å². The lowest BCUT2D eigenvalue weighted by Crippen LogP contribution is -2.48. The van der Waals surface area contributed by atoms with Crippen LogP contribution in [-0.4, -0.2) is 70.4 Å². The summed E-state index contributed by atoms with van der Waals surface area (Å²) in [5, 5.41) is 11.3. The van der Waals surface area contributed by atoms with Gasteiger partial charge in [0.2, 0.25) is 35.4 Å². The normalized spacial score (nSPS) is 17.1. The van der Waals surface area contributed by atoms with Crippen molar-refractivity contribution in [2.24, 2.45) is 0 Å². The fourth-order valence-electron chi connectivity index (χ4n) is 7.08. The second-order valence-corrected chi connectivity index (χ2v) is 13.9. The van der Waals surface area contributed by atoms with Crippen LogP contribution in [0.1, 0.15) is 73.9 Å². The van der Waals surface area contributed by atoms with Crippen LogP contribution in [0.2, 0.25) is 0 Å². The summed E-state index contributed by atoms with van der Waals surface area (Å²) < 4.78 is 0. The number of likely N-dealkylation sites (tertiary alicyclic amines) is 2. The Labute approximate surface area is 326 Å². The van der Waals surface area contributed by atoms with Crippen molar-refractivity contribution in [1.82, 2.24) is 20.4 Å². The van der Waals surface area contributed by atoms with Crippen molar-refractivity contribution in [2.45, 2.75) is 63.7 Å². The average Bonchev–Trinajstić information content (AvgIpc) is 3.91. The van der Waals surface area contributed by atoms with Gasteiger partial charge >= 0.3 is 0 Å². The van der Waals surface area contributed by atoms with E-state index in [0.29, 0.717) is 61.3 Å². The molecule has 4 aromatic carbocycles. The van der Waals surface area contributed by atoms with E-state index in [4.69, 9.17) is 0 Å². The zero-order valence-electron chi connectivity index (χ0n) is 31.3. The van der Waals surface area contributed by atoms with Gasteiger partial charge in [-0.25, -0.2) is 0 Å². The molecule has 12 nitrogen and oxygen atoms in total. The Morgan fingerprint density at radius 3 is 1.23 bits per heavy atom. The Bertz CT molecular complexity index is 1980. The van der Waals surface area contributed by atoms with E-state index < -0.39 is 24.2 Å². The summed E-state index contributed by atoms with van der Waals surface area (Å²) in [5.41, 5.74) is 3.87. The SMILES string of the molecule is CC(=O)N[C@@H](C(=O)N1CCC[C@H]1C(=O)Nc1ccc(C#Cc2ccc(NC(=O)[C@@H]3CCCN3C(=O)[C@H](NC(C)=O)c3ccccc3)cc2)cc1)c1ccccc1. The lowest BCUT2D eigenvalue weighted by Gasteiger charge is -2.28. The molecule has 0 saturated carbocycles. The Kier molecular flexibility index (Phi) is 12.6. The molecule has 0 spiro atoms. The lowest BCUT2D eigenvalue weighted by atomic mass is 10.0. The van der Waals surface area contributed by atoms with Gasteiger partial charge in [-0.3, -0.25) is 28.8 Å². The summed E-state index contributed by atoms with van der Waals surface area (Å²) in [4.78, 5) is 80.9. The highest BCUT2D eigenvalue weighted by Gasteiger charge is 2.39. The van der Waals surface area contributed by atoms with Gasteiger partial charge in [0.05, 0.1) is 0 Å². The monoisotopic (exact) mass is 752 g/mol. The first-order valence-electron chi connectivity index (χ1n) is 18.7. The topological polar surface area (TPSA) is 157 Å². The predicted octanol–water partition coefficient (Wildman–Crippen LogP) is 4.70. The van der Waals surface area contributed by atoms with E-state index in [2.05, 4.69) is 33.1 Å². The summed E-state index contributed by atoms with van der Waals surface area (Å²) in [6, 6.07) is 29.0. The van der Waals surface area contributed by atoms with Crippen LogP contribution >= 0.6 is 0 Å². The van der Waals surface area contributed by atoms with Crippen LogP contribution < -0.4 is 21.3 Å². The minimum atomic E-state index is -0.883. The second-order valence-electron chi connectivity index (χ2n) is 13.9. The van der Waals surface area contributed by atoms with E-state index in [1.807, 2.05) is 12.1 Å². The van der Waals surface area contributed by atoms with Crippen LogP contribution in [0.25, 0.3) is 0 Å². The quantitative estimate of drug-likeness (QED) is 0.172. The van der Waals surface area contributed by atoms with E-state index in [-0.39, 0.29) is 35.4 Å². The van der Waals surface area contributed by atoms with E-state index in [0.717, 1.165) is 11.1 Å². The van der Waals surface area contributed by atoms with Crippen molar-refractivity contribution in [3.05, 3.63) is 131 Å².